The lowest BCUT2D eigenvalue weighted by Crippen LogP contribution is -2.19. The molecule has 4 heteroatoms. The van der Waals surface area contributed by atoms with Gasteiger partial charge in [0.1, 0.15) is 11.8 Å². The third-order valence-corrected chi connectivity index (χ3v) is 2.10. The van der Waals surface area contributed by atoms with E-state index >= 15 is 0 Å². The lowest BCUT2D eigenvalue weighted by molar-refractivity contribution is -0.107. The molecule has 0 amide bonds. The fraction of sp³-hybridized carbons (Fsp3) is 0.300. The van der Waals surface area contributed by atoms with Gasteiger partial charge >= 0.3 is 0 Å². The van der Waals surface area contributed by atoms with Crippen molar-refractivity contribution in [2.45, 2.75) is 19.8 Å². The molecular formula is C10H13N3O. The fourth-order valence-electron chi connectivity index (χ4n) is 1.31. The Kier molecular flexibility index (Phi) is 3.34. The molecule has 0 saturated heterocycles. The van der Waals surface area contributed by atoms with Crippen molar-refractivity contribution < 1.29 is 4.79 Å². The summed E-state index contributed by atoms with van der Waals surface area (Å²) in [6, 6.07) is 1.70. The highest BCUT2D eigenvalue weighted by atomic mass is 16.1. The molecule has 1 heterocycles. The number of hydrogen-bond acceptors (Lipinski definition) is 3. The van der Waals surface area contributed by atoms with E-state index in [2.05, 4.69) is 0 Å². The predicted molar refractivity (Wildman–Crippen MR) is 53.6 cm³/mol. The van der Waals surface area contributed by atoms with Crippen LogP contribution in [0.25, 0.3) is 0 Å². The van der Waals surface area contributed by atoms with Gasteiger partial charge in [-0.15, -0.1) is 0 Å². The Hall–Kier alpha value is -1.71. The van der Waals surface area contributed by atoms with Crippen LogP contribution in [0.3, 0.4) is 0 Å². The van der Waals surface area contributed by atoms with E-state index in [0.29, 0.717) is 12.8 Å². The van der Waals surface area contributed by atoms with Gasteiger partial charge in [0.2, 0.25) is 0 Å². The van der Waals surface area contributed by atoms with Gasteiger partial charge in [0.05, 0.1) is 6.34 Å². The van der Waals surface area contributed by atoms with Crippen molar-refractivity contribution in [3.8, 4) is 0 Å². The van der Waals surface area contributed by atoms with Crippen molar-refractivity contribution in [3.63, 3.8) is 0 Å². The number of aryl methyl sites for hydroxylation is 2. The molecule has 0 aliphatic rings. The van der Waals surface area contributed by atoms with Gasteiger partial charge in [-0.25, -0.2) is 0 Å². The van der Waals surface area contributed by atoms with E-state index < -0.39 is 0 Å². The van der Waals surface area contributed by atoms with Crippen LogP contribution in [0, 0.1) is 17.7 Å². The summed E-state index contributed by atoms with van der Waals surface area (Å²) in [5.74, 6) is 0. The molecule has 0 radical (unpaired) electrons. The molecule has 0 spiro atoms. The molecule has 4 nitrogen and oxygen atoms in total. The van der Waals surface area contributed by atoms with Gasteiger partial charge in [-0.2, -0.15) is 0 Å². The number of pyridine rings is 1. The summed E-state index contributed by atoms with van der Waals surface area (Å²) in [7, 11) is 0. The SMILES string of the molecule is Cc1cn(C=N)c(=N)cc1CCC=O. The van der Waals surface area contributed by atoms with Gasteiger partial charge in [0, 0.05) is 12.6 Å². The zero-order valence-corrected chi connectivity index (χ0v) is 8.08. The smallest absolute Gasteiger partial charge is 0.130 e. The molecule has 2 N–H and O–H groups in total. The van der Waals surface area contributed by atoms with E-state index in [1.807, 2.05) is 6.92 Å². The van der Waals surface area contributed by atoms with Crippen LogP contribution in [-0.4, -0.2) is 17.2 Å². The second kappa shape index (κ2) is 4.50. The van der Waals surface area contributed by atoms with E-state index in [9.17, 15) is 4.79 Å². The van der Waals surface area contributed by atoms with E-state index in [1.54, 1.807) is 12.3 Å². The lowest BCUT2D eigenvalue weighted by Gasteiger charge is -2.06. The predicted octanol–water partition coefficient (Wildman–Crippen LogP) is 0.863. The standard InChI is InChI=1S/C10H13N3O/c1-8-6-13(7-11)10(12)5-9(8)3-2-4-14/h4-7,11-12H,2-3H2,1H3. The van der Waals surface area contributed by atoms with Gasteiger partial charge in [-0.05, 0) is 30.5 Å². The van der Waals surface area contributed by atoms with Crippen molar-refractivity contribution in [1.29, 1.82) is 10.8 Å². The summed E-state index contributed by atoms with van der Waals surface area (Å²) < 4.78 is 1.43. The van der Waals surface area contributed by atoms with Crippen LogP contribution in [0.4, 0.5) is 0 Å². The number of nitrogens with zero attached hydrogens (tertiary/aromatic N) is 1. The molecule has 0 atom stereocenters. The number of rotatable bonds is 4. The summed E-state index contributed by atoms with van der Waals surface area (Å²) in [4.78, 5) is 10.2. The molecule has 74 valence electrons. The van der Waals surface area contributed by atoms with Gasteiger partial charge in [0.25, 0.3) is 0 Å². The summed E-state index contributed by atoms with van der Waals surface area (Å²) >= 11 is 0. The summed E-state index contributed by atoms with van der Waals surface area (Å²) in [6.45, 7) is 1.92. The van der Waals surface area contributed by atoms with E-state index in [-0.39, 0.29) is 5.49 Å². The van der Waals surface area contributed by atoms with Crippen molar-refractivity contribution in [1.82, 2.24) is 4.57 Å². The highest BCUT2D eigenvalue weighted by Crippen LogP contribution is 2.05. The van der Waals surface area contributed by atoms with Crippen molar-refractivity contribution >= 4 is 12.6 Å². The van der Waals surface area contributed by atoms with Gasteiger partial charge in [-0.1, -0.05) is 0 Å². The minimum absolute atomic E-state index is 0.270. The first kappa shape index (κ1) is 10.4. The largest absolute Gasteiger partial charge is 0.303 e. The second-order valence-electron chi connectivity index (χ2n) is 3.11. The number of hydrogen-bond donors (Lipinski definition) is 2. The van der Waals surface area contributed by atoms with Crippen LogP contribution < -0.4 is 5.49 Å². The van der Waals surface area contributed by atoms with Crippen molar-refractivity contribution in [2.75, 3.05) is 0 Å². The van der Waals surface area contributed by atoms with Crippen LogP contribution in [-0.2, 0) is 11.2 Å². The number of aldehydes is 1. The maximum Gasteiger partial charge on any atom is 0.130 e. The van der Waals surface area contributed by atoms with Crippen LogP contribution >= 0.6 is 0 Å². The monoisotopic (exact) mass is 191 g/mol. The topological polar surface area (TPSA) is 69.7 Å². The highest BCUT2D eigenvalue weighted by molar-refractivity contribution is 5.55. The fourth-order valence-corrected chi connectivity index (χ4v) is 1.31. The maximum absolute atomic E-state index is 10.2. The van der Waals surface area contributed by atoms with Gasteiger partial charge < -0.3 is 4.79 Å². The Bertz CT molecular complexity index is 406. The average molecular weight is 191 g/mol. The quantitative estimate of drug-likeness (QED) is 0.413. The Balaban J connectivity index is 3.08. The van der Waals surface area contributed by atoms with Gasteiger partial charge in [-0.3, -0.25) is 15.4 Å². The zero-order chi connectivity index (χ0) is 10.6. The number of carbonyl (C=O) groups excluding carboxylic acids is 1. The van der Waals surface area contributed by atoms with Crippen LogP contribution in [0.2, 0.25) is 0 Å². The molecule has 0 aliphatic carbocycles. The van der Waals surface area contributed by atoms with E-state index in [0.717, 1.165) is 23.8 Å². The number of nitrogens with one attached hydrogen (secondary N) is 2. The first-order valence-corrected chi connectivity index (χ1v) is 4.39. The maximum atomic E-state index is 10.2. The molecule has 0 aromatic carbocycles. The van der Waals surface area contributed by atoms with E-state index in [4.69, 9.17) is 10.8 Å². The molecule has 1 rings (SSSR count). The Morgan fingerprint density at radius 3 is 2.86 bits per heavy atom. The molecule has 14 heavy (non-hydrogen) atoms. The number of carbonyl (C=O) groups is 1. The minimum atomic E-state index is 0.270. The third-order valence-electron chi connectivity index (χ3n) is 2.10. The van der Waals surface area contributed by atoms with Crippen LogP contribution in [0.5, 0.6) is 0 Å². The summed E-state index contributed by atoms with van der Waals surface area (Å²) in [5, 5.41) is 14.6. The lowest BCUT2D eigenvalue weighted by atomic mass is 10.1. The highest BCUT2D eigenvalue weighted by Gasteiger charge is 1.99. The van der Waals surface area contributed by atoms with Crippen LogP contribution in [0.15, 0.2) is 12.3 Å². The first-order valence-electron chi connectivity index (χ1n) is 4.39. The average Bonchev–Trinajstić information content (AvgIpc) is 2.18. The molecule has 1 aromatic rings. The van der Waals surface area contributed by atoms with E-state index in [1.165, 1.54) is 4.57 Å². The zero-order valence-electron chi connectivity index (χ0n) is 8.08. The molecule has 1 aromatic heterocycles. The first-order chi connectivity index (χ1) is 6.69. The van der Waals surface area contributed by atoms with Gasteiger partial charge in [0.15, 0.2) is 0 Å². The second-order valence-corrected chi connectivity index (χ2v) is 3.11. The normalized spacial score (nSPS) is 9.79. The molecule has 0 bridgehead atoms. The number of aromatic nitrogens is 1. The Labute approximate surface area is 82.2 Å². The Morgan fingerprint density at radius 1 is 1.57 bits per heavy atom. The minimum Gasteiger partial charge on any atom is -0.303 e. The van der Waals surface area contributed by atoms with Crippen LogP contribution in [0.1, 0.15) is 17.5 Å². The van der Waals surface area contributed by atoms with Crippen molar-refractivity contribution in [3.05, 3.63) is 28.9 Å². The summed E-state index contributed by atoms with van der Waals surface area (Å²) in [5.41, 5.74) is 2.28. The third kappa shape index (κ3) is 2.16. The van der Waals surface area contributed by atoms with Crippen molar-refractivity contribution in [2.24, 2.45) is 0 Å². The molecule has 0 aliphatic heterocycles. The summed E-state index contributed by atoms with van der Waals surface area (Å²) in [6.07, 6.45) is 4.85. The molecule has 0 saturated carbocycles. The Morgan fingerprint density at radius 2 is 2.29 bits per heavy atom. The molecule has 0 unspecified atom stereocenters. The molecule has 0 fully saturated rings. The molecular weight excluding hydrogens is 178 g/mol.